The molecule has 0 saturated carbocycles. The fourth-order valence-corrected chi connectivity index (χ4v) is 0.981. The molecule has 58 valence electrons. The van der Waals surface area contributed by atoms with E-state index in [9.17, 15) is 0 Å². The molecule has 0 rings (SSSR count). The maximum atomic E-state index is 5.56. The highest BCUT2D eigenvalue weighted by molar-refractivity contribution is 6.18. The van der Waals surface area contributed by atoms with Gasteiger partial charge in [0.1, 0.15) is 0 Å². The van der Waals surface area contributed by atoms with Crippen molar-refractivity contribution >= 4 is 11.6 Å². The van der Waals surface area contributed by atoms with Crippen LogP contribution in [0.1, 0.15) is 0 Å². The highest BCUT2D eigenvalue weighted by Crippen LogP contribution is 1.89. The molecule has 0 radical (unpaired) electrons. The molecule has 0 aromatic heterocycles. The van der Waals surface area contributed by atoms with E-state index in [2.05, 4.69) is 18.1 Å². The summed E-state index contributed by atoms with van der Waals surface area (Å²) in [5, 5.41) is 0. The zero-order valence-corrected chi connectivity index (χ0v) is 6.98. The Balaban J connectivity index is 3.48. The first-order chi connectivity index (χ1) is 4.85. The van der Waals surface area contributed by atoms with Crippen LogP contribution in [-0.2, 0) is 0 Å². The lowest BCUT2D eigenvalue weighted by Crippen LogP contribution is -2.25. The van der Waals surface area contributed by atoms with Crippen LogP contribution in [0.25, 0.3) is 0 Å². The molecular weight excluding hydrogens is 146 g/mol. The first-order valence-corrected chi connectivity index (χ1v) is 3.88. The first-order valence-electron chi connectivity index (χ1n) is 3.35. The average Bonchev–Trinajstić information content (AvgIpc) is 1.90. The van der Waals surface area contributed by atoms with Crippen molar-refractivity contribution in [1.29, 1.82) is 0 Å². The summed E-state index contributed by atoms with van der Waals surface area (Å²) in [5.74, 6) is 0.668. The van der Waals surface area contributed by atoms with Crippen LogP contribution in [0.5, 0.6) is 0 Å². The Morgan fingerprint density at radius 3 is 2.00 bits per heavy atom. The molecule has 0 aliphatic carbocycles. The summed E-state index contributed by atoms with van der Waals surface area (Å²) in [4.78, 5) is 2.17. The topological polar surface area (TPSA) is 3.24 Å². The van der Waals surface area contributed by atoms with Gasteiger partial charge in [-0.25, -0.2) is 0 Å². The Morgan fingerprint density at radius 1 is 1.20 bits per heavy atom. The molecule has 0 atom stereocenters. The summed E-state index contributed by atoms with van der Waals surface area (Å²) >= 11 is 5.56. The summed E-state index contributed by atoms with van der Waals surface area (Å²) in [7, 11) is 0. The van der Waals surface area contributed by atoms with Gasteiger partial charge in [0.25, 0.3) is 0 Å². The number of halogens is 1. The SMILES string of the molecule is C=CCN(CC=C)CCCl. The third-order valence-corrected chi connectivity index (χ3v) is 1.34. The molecular formula is C8H14ClN. The van der Waals surface area contributed by atoms with Crippen molar-refractivity contribution in [2.45, 2.75) is 0 Å². The summed E-state index contributed by atoms with van der Waals surface area (Å²) in [6.45, 7) is 9.97. The Hall–Kier alpha value is -0.270. The van der Waals surface area contributed by atoms with Gasteiger partial charge in [0.2, 0.25) is 0 Å². The summed E-state index contributed by atoms with van der Waals surface area (Å²) in [6.07, 6.45) is 3.74. The van der Waals surface area contributed by atoms with Crippen LogP contribution in [0, 0.1) is 0 Å². The van der Waals surface area contributed by atoms with Crippen molar-refractivity contribution in [3.63, 3.8) is 0 Å². The second kappa shape index (κ2) is 6.84. The van der Waals surface area contributed by atoms with E-state index in [4.69, 9.17) is 11.6 Å². The van der Waals surface area contributed by atoms with Crippen LogP contribution >= 0.6 is 11.6 Å². The standard InChI is InChI=1S/C8H14ClN/c1-3-6-10(7-4-2)8-5-9/h3-4H,1-2,5-8H2. The van der Waals surface area contributed by atoms with Gasteiger partial charge in [0.05, 0.1) is 0 Å². The largest absolute Gasteiger partial charge is 0.295 e. The number of alkyl halides is 1. The molecule has 0 saturated heterocycles. The number of hydrogen-bond acceptors (Lipinski definition) is 1. The van der Waals surface area contributed by atoms with E-state index in [-0.39, 0.29) is 0 Å². The molecule has 2 heteroatoms. The van der Waals surface area contributed by atoms with Crippen molar-refractivity contribution in [3.05, 3.63) is 25.3 Å². The van der Waals surface area contributed by atoms with Gasteiger partial charge < -0.3 is 0 Å². The average molecular weight is 160 g/mol. The van der Waals surface area contributed by atoms with Crippen LogP contribution in [0.4, 0.5) is 0 Å². The van der Waals surface area contributed by atoms with E-state index in [0.717, 1.165) is 19.6 Å². The molecule has 0 fully saturated rings. The predicted octanol–water partition coefficient (Wildman–Crippen LogP) is 1.90. The van der Waals surface area contributed by atoms with Crippen LogP contribution in [0.2, 0.25) is 0 Å². The maximum Gasteiger partial charge on any atom is 0.0351 e. The smallest absolute Gasteiger partial charge is 0.0351 e. The molecule has 0 spiro atoms. The molecule has 0 N–H and O–H groups in total. The van der Waals surface area contributed by atoms with E-state index in [1.165, 1.54) is 0 Å². The highest BCUT2D eigenvalue weighted by atomic mass is 35.5. The van der Waals surface area contributed by atoms with Gasteiger partial charge in [-0.1, -0.05) is 12.2 Å². The van der Waals surface area contributed by atoms with E-state index in [1.54, 1.807) is 0 Å². The van der Waals surface area contributed by atoms with Gasteiger partial charge in [-0.2, -0.15) is 0 Å². The summed E-state index contributed by atoms with van der Waals surface area (Å²) < 4.78 is 0. The Bertz CT molecular complexity index is 91.4. The molecule has 0 aliphatic heterocycles. The summed E-state index contributed by atoms with van der Waals surface area (Å²) in [5.41, 5.74) is 0. The quantitative estimate of drug-likeness (QED) is 0.423. The summed E-state index contributed by atoms with van der Waals surface area (Å²) in [6, 6.07) is 0. The minimum Gasteiger partial charge on any atom is -0.295 e. The number of nitrogens with zero attached hydrogens (tertiary/aromatic N) is 1. The molecule has 0 unspecified atom stereocenters. The first kappa shape index (κ1) is 9.73. The third-order valence-electron chi connectivity index (χ3n) is 1.18. The van der Waals surface area contributed by atoms with Crippen LogP contribution in [-0.4, -0.2) is 30.4 Å². The third kappa shape index (κ3) is 4.59. The highest BCUT2D eigenvalue weighted by Gasteiger charge is 1.96. The molecule has 0 heterocycles. The van der Waals surface area contributed by atoms with Crippen molar-refractivity contribution in [2.24, 2.45) is 0 Å². The van der Waals surface area contributed by atoms with Crippen molar-refractivity contribution in [3.8, 4) is 0 Å². The Morgan fingerprint density at radius 2 is 1.70 bits per heavy atom. The van der Waals surface area contributed by atoms with Gasteiger partial charge in [-0.3, -0.25) is 4.90 Å². The molecule has 0 aromatic carbocycles. The van der Waals surface area contributed by atoms with Crippen molar-refractivity contribution < 1.29 is 0 Å². The lowest BCUT2D eigenvalue weighted by molar-refractivity contribution is 0.357. The van der Waals surface area contributed by atoms with Gasteiger partial charge in [-0.15, -0.1) is 24.8 Å². The number of hydrogen-bond donors (Lipinski definition) is 0. The van der Waals surface area contributed by atoms with Crippen molar-refractivity contribution in [1.82, 2.24) is 4.90 Å². The van der Waals surface area contributed by atoms with Crippen molar-refractivity contribution in [2.75, 3.05) is 25.5 Å². The minimum atomic E-state index is 0.668. The minimum absolute atomic E-state index is 0.668. The second-order valence-electron chi connectivity index (χ2n) is 2.03. The second-order valence-corrected chi connectivity index (χ2v) is 2.40. The zero-order valence-electron chi connectivity index (χ0n) is 6.22. The molecule has 0 aromatic rings. The van der Waals surface area contributed by atoms with Crippen LogP contribution in [0.15, 0.2) is 25.3 Å². The molecule has 0 aliphatic rings. The fraction of sp³-hybridized carbons (Fsp3) is 0.500. The zero-order chi connectivity index (χ0) is 7.82. The predicted molar refractivity (Wildman–Crippen MR) is 47.6 cm³/mol. The van der Waals surface area contributed by atoms with E-state index >= 15 is 0 Å². The Labute approximate surface area is 68.0 Å². The number of rotatable bonds is 6. The molecule has 0 amide bonds. The van der Waals surface area contributed by atoms with Gasteiger partial charge in [0, 0.05) is 25.5 Å². The fourth-order valence-electron chi connectivity index (χ4n) is 0.742. The van der Waals surface area contributed by atoms with Gasteiger partial charge in [-0.05, 0) is 0 Å². The lowest BCUT2D eigenvalue weighted by atomic mass is 10.4. The molecule has 10 heavy (non-hydrogen) atoms. The van der Waals surface area contributed by atoms with E-state index in [1.807, 2.05) is 12.2 Å². The van der Waals surface area contributed by atoms with Gasteiger partial charge in [0.15, 0.2) is 0 Å². The van der Waals surface area contributed by atoms with Crippen LogP contribution in [0.3, 0.4) is 0 Å². The lowest BCUT2D eigenvalue weighted by Gasteiger charge is -2.16. The Kier molecular flexibility index (Phi) is 6.66. The molecule has 0 bridgehead atoms. The van der Waals surface area contributed by atoms with Gasteiger partial charge >= 0.3 is 0 Å². The molecule has 1 nitrogen and oxygen atoms in total. The van der Waals surface area contributed by atoms with E-state index in [0.29, 0.717) is 5.88 Å². The normalized spacial score (nSPS) is 9.80. The maximum absolute atomic E-state index is 5.56. The monoisotopic (exact) mass is 159 g/mol. The van der Waals surface area contributed by atoms with Crippen LogP contribution < -0.4 is 0 Å². The van der Waals surface area contributed by atoms with E-state index < -0.39 is 0 Å².